The zero-order valence-corrected chi connectivity index (χ0v) is 11.5. The Labute approximate surface area is 101 Å². The normalized spacial score (nSPS) is 10.8. The molecule has 0 saturated carbocycles. The van der Waals surface area contributed by atoms with Gasteiger partial charge >= 0.3 is 0 Å². The lowest BCUT2D eigenvalue weighted by Gasteiger charge is -2.23. The highest BCUT2D eigenvalue weighted by Crippen LogP contribution is 2.00. The van der Waals surface area contributed by atoms with Crippen molar-refractivity contribution in [3.63, 3.8) is 0 Å². The third-order valence-corrected chi connectivity index (χ3v) is 2.97. The van der Waals surface area contributed by atoms with E-state index in [0.29, 0.717) is 0 Å². The SMILES string of the molecule is CCCCCCN(C)CCN(CC)C(C)=O. The zero-order valence-electron chi connectivity index (χ0n) is 11.5. The molecular weight excluding hydrogens is 200 g/mol. The van der Waals surface area contributed by atoms with E-state index in [1.165, 1.54) is 25.7 Å². The molecule has 0 aromatic rings. The molecule has 0 unspecified atom stereocenters. The Morgan fingerprint density at radius 2 is 1.69 bits per heavy atom. The van der Waals surface area contributed by atoms with E-state index in [4.69, 9.17) is 0 Å². The number of rotatable bonds is 9. The molecule has 0 fully saturated rings. The van der Waals surface area contributed by atoms with Crippen molar-refractivity contribution in [1.82, 2.24) is 9.80 Å². The maximum Gasteiger partial charge on any atom is 0.219 e. The smallest absolute Gasteiger partial charge is 0.219 e. The first-order chi connectivity index (χ1) is 7.61. The molecule has 0 radical (unpaired) electrons. The van der Waals surface area contributed by atoms with Gasteiger partial charge in [-0.25, -0.2) is 0 Å². The Morgan fingerprint density at radius 3 is 2.19 bits per heavy atom. The fraction of sp³-hybridized carbons (Fsp3) is 0.923. The van der Waals surface area contributed by atoms with Crippen molar-refractivity contribution in [2.24, 2.45) is 0 Å². The van der Waals surface area contributed by atoms with Crippen LogP contribution in [-0.4, -0.2) is 48.9 Å². The highest BCUT2D eigenvalue weighted by atomic mass is 16.2. The van der Waals surface area contributed by atoms with E-state index in [-0.39, 0.29) is 5.91 Å². The quantitative estimate of drug-likeness (QED) is 0.566. The Kier molecular flexibility index (Phi) is 9.30. The molecule has 0 rings (SSSR count). The topological polar surface area (TPSA) is 23.6 Å². The van der Waals surface area contributed by atoms with Crippen LogP contribution >= 0.6 is 0 Å². The van der Waals surface area contributed by atoms with Gasteiger partial charge in [-0.2, -0.15) is 0 Å². The molecular formula is C13H28N2O. The number of hydrogen-bond donors (Lipinski definition) is 0. The largest absolute Gasteiger partial charge is 0.342 e. The molecule has 1 amide bonds. The third-order valence-electron chi connectivity index (χ3n) is 2.97. The van der Waals surface area contributed by atoms with Crippen molar-refractivity contribution in [3.05, 3.63) is 0 Å². The van der Waals surface area contributed by atoms with E-state index in [1.807, 2.05) is 11.8 Å². The summed E-state index contributed by atoms with van der Waals surface area (Å²) >= 11 is 0. The van der Waals surface area contributed by atoms with E-state index in [2.05, 4.69) is 18.9 Å². The number of unbranched alkanes of at least 4 members (excludes halogenated alkanes) is 3. The minimum absolute atomic E-state index is 0.182. The summed E-state index contributed by atoms with van der Waals surface area (Å²) in [5, 5.41) is 0. The van der Waals surface area contributed by atoms with Crippen molar-refractivity contribution < 1.29 is 4.79 Å². The summed E-state index contributed by atoms with van der Waals surface area (Å²) in [6, 6.07) is 0. The summed E-state index contributed by atoms with van der Waals surface area (Å²) in [6.07, 6.45) is 5.22. The van der Waals surface area contributed by atoms with Gasteiger partial charge in [-0.3, -0.25) is 4.79 Å². The molecule has 3 nitrogen and oxygen atoms in total. The van der Waals surface area contributed by atoms with Gasteiger partial charge in [0.2, 0.25) is 5.91 Å². The molecule has 96 valence electrons. The molecule has 0 saturated heterocycles. The second kappa shape index (κ2) is 9.64. The lowest BCUT2D eigenvalue weighted by Crippen LogP contribution is -2.36. The minimum Gasteiger partial charge on any atom is -0.342 e. The average molecular weight is 228 g/mol. The van der Waals surface area contributed by atoms with Crippen LogP contribution in [0, 0.1) is 0 Å². The molecule has 0 aliphatic heterocycles. The van der Waals surface area contributed by atoms with Crippen LogP contribution in [0.5, 0.6) is 0 Å². The van der Waals surface area contributed by atoms with Crippen LogP contribution in [0.4, 0.5) is 0 Å². The highest BCUT2D eigenvalue weighted by molar-refractivity contribution is 5.73. The van der Waals surface area contributed by atoms with E-state index in [1.54, 1.807) is 6.92 Å². The van der Waals surface area contributed by atoms with Crippen molar-refractivity contribution in [3.8, 4) is 0 Å². The van der Waals surface area contributed by atoms with Gasteiger partial charge < -0.3 is 9.80 Å². The van der Waals surface area contributed by atoms with Gasteiger partial charge in [-0.05, 0) is 26.9 Å². The van der Waals surface area contributed by atoms with Crippen molar-refractivity contribution in [1.29, 1.82) is 0 Å². The number of carbonyl (C=O) groups is 1. The fourth-order valence-corrected chi connectivity index (χ4v) is 1.75. The molecule has 16 heavy (non-hydrogen) atoms. The average Bonchev–Trinajstić information content (AvgIpc) is 2.25. The van der Waals surface area contributed by atoms with Gasteiger partial charge in [-0.15, -0.1) is 0 Å². The molecule has 3 heteroatoms. The molecule has 0 N–H and O–H groups in total. The van der Waals surface area contributed by atoms with Crippen molar-refractivity contribution >= 4 is 5.91 Å². The monoisotopic (exact) mass is 228 g/mol. The van der Waals surface area contributed by atoms with E-state index >= 15 is 0 Å². The van der Waals surface area contributed by atoms with Gasteiger partial charge in [0.25, 0.3) is 0 Å². The molecule has 0 heterocycles. The molecule has 0 aliphatic rings. The van der Waals surface area contributed by atoms with E-state index in [9.17, 15) is 4.79 Å². The number of carbonyl (C=O) groups excluding carboxylic acids is 1. The van der Waals surface area contributed by atoms with E-state index < -0.39 is 0 Å². The second-order valence-electron chi connectivity index (χ2n) is 4.46. The van der Waals surface area contributed by atoms with Crippen LogP contribution < -0.4 is 0 Å². The van der Waals surface area contributed by atoms with Crippen LogP contribution in [0.3, 0.4) is 0 Å². The molecule has 0 aromatic carbocycles. The maximum absolute atomic E-state index is 11.2. The van der Waals surface area contributed by atoms with Gasteiger partial charge in [0.15, 0.2) is 0 Å². The third kappa shape index (κ3) is 7.69. The molecule has 0 aromatic heterocycles. The standard InChI is InChI=1S/C13H28N2O/c1-5-7-8-9-10-14(4)11-12-15(6-2)13(3)16/h5-12H2,1-4H3. The first-order valence-corrected chi connectivity index (χ1v) is 6.55. The molecule has 0 aliphatic carbocycles. The minimum atomic E-state index is 0.182. The van der Waals surface area contributed by atoms with Gasteiger partial charge in [0.1, 0.15) is 0 Å². The number of nitrogens with zero attached hydrogens (tertiary/aromatic N) is 2. The molecule has 0 atom stereocenters. The van der Waals surface area contributed by atoms with Crippen molar-refractivity contribution in [2.45, 2.75) is 46.5 Å². The first-order valence-electron chi connectivity index (χ1n) is 6.55. The first kappa shape index (κ1) is 15.4. The fourth-order valence-electron chi connectivity index (χ4n) is 1.75. The highest BCUT2D eigenvalue weighted by Gasteiger charge is 2.06. The van der Waals surface area contributed by atoms with Gasteiger partial charge in [0, 0.05) is 26.6 Å². The van der Waals surface area contributed by atoms with Crippen LogP contribution in [0.25, 0.3) is 0 Å². The lowest BCUT2D eigenvalue weighted by molar-refractivity contribution is -0.128. The summed E-state index contributed by atoms with van der Waals surface area (Å²) in [4.78, 5) is 15.4. The number of likely N-dealkylation sites (N-methyl/N-ethyl adjacent to an activating group) is 2. The Balaban J connectivity index is 3.55. The summed E-state index contributed by atoms with van der Waals surface area (Å²) < 4.78 is 0. The number of hydrogen-bond acceptors (Lipinski definition) is 2. The van der Waals surface area contributed by atoms with Crippen molar-refractivity contribution in [2.75, 3.05) is 33.2 Å². The van der Waals surface area contributed by atoms with Crippen LogP contribution in [0.15, 0.2) is 0 Å². The zero-order chi connectivity index (χ0) is 12.4. The summed E-state index contributed by atoms with van der Waals surface area (Å²) in [5.74, 6) is 0.182. The van der Waals surface area contributed by atoms with Crippen LogP contribution in [0.2, 0.25) is 0 Å². The van der Waals surface area contributed by atoms with Crippen LogP contribution in [0.1, 0.15) is 46.5 Å². The predicted octanol–water partition coefficient (Wildman–Crippen LogP) is 2.37. The predicted molar refractivity (Wildman–Crippen MR) is 69.6 cm³/mol. The van der Waals surface area contributed by atoms with Gasteiger partial charge in [0.05, 0.1) is 0 Å². The molecule has 0 bridgehead atoms. The molecule has 0 spiro atoms. The maximum atomic E-state index is 11.2. The lowest BCUT2D eigenvalue weighted by atomic mass is 10.2. The second-order valence-corrected chi connectivity index (χ2v) is 4.46. The Hall–Kier alpha value is -0.570. The summed E-state index contributed by atoms with van der Waals surface area (Å²) in [5.41, 5.74) is 0. The Morgan fingerprint density at radius 1 is 1.00 bits per heavy atom. The van der Waals surface area contributed by atoms with Gasteiger partial charge in [-0.1, -0.05) is 26.2 Å². The summed E-state index contributed by atoms with van der Waals surface area (Å²) in [7, 11) is 2.14. The summed E-state index contributed by atoms with van der Waals surface area (Å²) in [6.45, 7) is 9.72. The number of amides is 1. The van der Waals surface area contributed by atoms with E-state index in [0.717, 1.165) is 26.2 Å². The Bertz CT molecular complexity index is 183. The van der Waals surface area contributed by atoms with Crippen LogP contribution in [-0.2, 0) is 4.79 Å².